The van der Waals surface area contributed by atoms with Crippen molar-refractivity contribution < 1.29 is 9.90 Å². The van der Waals surface area contributed by atoms with E-state index in [1.54, 1.807) is 4.68 Å². The molecule has 0 saturated carbocycles. The van der Waals surface area contributed by atoms with E-state index < -0.39 is 5.97 Å². The first-order valence-electron chi connectivity index (χ1n) is 6.91. The molecule has 0 aliphatic heterocycles. The van der Waals surface area contributed by atoms with E-state index in [0.717, 1.165) is 11.3 Å². The third kappa shape index (κ3) is 4.34. The molecule has 1 aromatic heterocycles. The molecule has 1 aromatic rings. The van der Waals surface area contributed by atoms with Gasteiger partial charge in [0.2, 0.25) is 0 Å². The zero-order chi connectivity index (χ0) is 15.7. The number of hydrogen-bond donors (Lipinski definition) is 1. The number of nitrogens with zero attached hydrogens (tertiary/aromatic N) is 3. The predicted molar refractivity (Wildman–Crippen MR) is 79.7 cm³/mol. The average molecular weight is 281 g/mol. The summed E-state index contributed by atoms with van der Waals surface area (Å²) in [6.07, 6.45) is 1.99. The Labute approximate surface area is 121 Å². The number of carboxylic acids is 1. The molecule has 114 valence electrons. The molecule has 0 saturated heterocycles. The fourth-order valence-corrected chi connectivity index (χ4v) is 2.18. The van der Waals surface area contributed by atoms with Crippen LogP contribution in [0.25, 0.3) is 0 Å². The lowest BCUT2D eigenvalue weighted by molar-refractivity contribution is -0.139. The Morgan fingerprint density at radius 1 is 1.30 bits per heavy atom. The highest BCUT2D eigenvalue weighted by Gasteiger charge is 2.28. The summed E-state index contributed by atoms with van der Waals surface area (Å²) in [5, 5.41) is 13.6. The summed E-state index contributed by atoms with van der Waals surface area (Å²) in [4.78, 5) is 13.0. The molecule has 0 aliphatic rings. The van der Waals surface area contributed by atoms with Crippen molar-refractivity contribution in [2.45, 2.75) is 59.0 Å². The van der Waals surface area contributed by atoms with Crippen LogP contribution in [-0.2, 0) is 23.8 Å². The second-order valence-electron chi connectivity index (χ2n) is 7.35. The van der Waals surface area contributed by atoms with Crippen molar-refractivity contribution in [2.75, 3.05) is 6.54 Å². The van der Waals surface area contributed by atoms with E-state index in [9.17, 15) is 4.79 Å². The van der Waals surface area contributed by atoms with Crippen molar-refractivity contribution in [3.63, 3.8) is 0 Å². The van der Waals surface area contributed by atoms with E-state index >= 15 is 0 Å². The number of aryl methyl sites for hydroxylation is 1. The van der Waals surface area contributed by atoms with Gasteiger partial charge in [-0.05, 0) is 20.8 Å². The molecule has 0 unspecified atom stereocenters. The highest BCUT2D eigenvalue weighted by molar-refractivity contribution is 5.69. The highest BCUT2D eigenvalue weighted by atomic mass is 16.4. The molecule has 20 heavy (non-hydrogen) atoms. The van der Waals surface area contributed by atoms with Gasteiger partial charge in [0, 0.05) is 36.3 Å². The Morgan fingerprint density at radius 2 is 1.85 bits per heavy atom. The Kier molecular flexibility index (Phi) is 4.64. The Balaban J connectivity index is 3.09. The van der Waals surface area contributed by atoms with Crippen LogP contribution in [0.5, 0.6) is 0 Å². The quantitative estimate of drug-likeness (QED) is 0.920. The van der Waals surface area contributed by atoms with Crippen molar-refractivity contribution in [3.05, 3.63) is 17.5 Å². The topological polar surface area (TPSA) is 58.4 Å². The lowest BCUT2D eigenvalue weighted by atomic mass is 9.89. The molecule has 0 bridgehead atoms. The zero-order valence-corrected chi connectivity index (χ0v) is 13.7. The largest absolute Gasteiger partial charge is 0.480 e. The Hall–Kier alpha value is -1.36. The Morgan fingerprint density at radius 3 is 2.25 bits per heavy atom. The van der Waals surface area contributed by atoms with Crippen LogP contribution in [0, 0.1) is 0 Å². The van der Waals surface area contributed by atoms with Gasteiger partial charge in [0.15, 0.2) is 0 Å². The number of aromatic nitrogens is 2. The number of aliphatic carboxylic acids is 1. The molecule has 0 spiro atoms. The molecule has 5 nitrogen and oxygen atoms in total. The minimum atomic E-state index is -0.805. The predicted octanol–water partition coefficient (Wildman–Crippen LogP) is 2.40. The van der Waals surface area contributed by atoms with Crippen LogP contribution in [-0.4, -0.2) is 37.8 Å². The Bertz CT molecular complexity index is 478. The van der Waals surface area contributed by atoms with Crippen LogP contribution < -0.4 is 0 Å². The lowest BCUT2D eigenvalue weighted by Gasteiger charge is -2.34. The molecule has 0 fully saturated rings. The summed E-state index contributed by atoms with van der Waals surface area (Å²) in [7, 11) is 1.90. The van der Waals surface area contributed by atoms with E-state index in [2.05, 4.69) is 25.9 Å². The first-order valence-corrected chi connectivity index (χ1v) is 6.91. The fourth-order valence-electron chi connectivity index (χ4n) is 2.18. The summed E-state index contributed by atoms with van der Waals surface area (Å²) < 4.78 is 1.80. The van der Waals surface area contributed by atoms with Crippen molar-refractivity contribution >= 4 is 5.97 Å². The van der Waals surface area contributed by atoms with Gasteiger partial charge in [0.05, 0.1) is 12.2 Å². The molecule has 5 heteroatoms. The van der Waals surface area contributed by atoms with Crippen molar-refractivity contribution in [2.24, 2.45) is 7.05 Å². The number of rotatable bonds is 4. The summed E-state index contributed by atoms with van der Waals surface area (Å²) in [6, 6.07) is 0. The molecule has 0 aromatic carbocycles. The number of carboxylic acid groups (broad SMARTS) is 1. The second kappa shape index (κ2) is 5.56. The van der Waals surface area contributed by atoms with Gasteiger partial charge in [-0.3, -0.25) is 14.4 Å². The monoisotopic (exact) mass is 281 g/mol. The number of carbonyl (C=O) groups is 1. The van der Waals surface area contributed by atoms with Gasteiger partial charge in [0.1, 0.15) is 0 Å². The fraction of sp³-hybridized carbons (Fsp3) is 0.733. The summed E-state index contributed by atoms with van der Waals surface area (Å²) in [6.45, 7) is 13.1. The highest BCUT2D eigenvalue weighted by Crippen LogP contribution is 2.27. The van der Waals surface area contributed by atoms with Crippen molar-refractivity contribution in [1.82, 2.24) is 14.7 Å². The molecule has 1 rings (SSSR count). The molecule has 0 atom stereocenters. The third-order valence-corrected chi connectivity index (χ3v) is 3.25. The van der Waals surface area contributed by atoms with E-state index in [1.165, 1.54) is 0 Å². The summed E-state index contributed by atoms with van der Waals surface area (Å²) >= 11 is 0. The second-order valence-corrected chi connectivity index (χ2v) is 7.35. The van der Waals surface area contributed by atoms with Gasteiger partial charge in [-0.25, -0.2) is 0 Å². The minimum absolute atomic E-state index is 0.0297. The number of hydrogen-bond acceptors (Lipinski definition) is 3. The maximum Gasteiger partial charge on any atom is 0.317 e. The van der Waals surface area contributed by atoms with Gasteiger partial charge < -0.3 is 5.11 Å². The molecule has 1 heterocycles. The standard InChI is InChI=1S/C15H27N3O2/c1-14(2,3)13-11(8-17(7)16-13)9-18(10-12(19)20)15(4,5)6/h8H,9-10H2,1-7H3,(H,19,20). The SMILES string of the molecule is Cn1cc(CN(CC(=O)O)C(C)(C)C)c(C(C)(C)C)n1. The average Bonchev–Trinajstić information content (AvgIpc) is 2.56. The van der Waals surface area contributed by atoms with E-state index in [-0.39, 0.29) is 17.5 Å². The molecule has 1 N–H and O–H groups in total. The van der Waals surface area contributed by atoms with Gasteiger partial charge in [-0.1, -0.05) is 20.8 Å². The van der Waals surface area contributed by atoms with E-state index in [0.29, 0.717) is 6.54 Å². The molecular weight excluding hydrogens is 254 g/mol. The lowest BCUT2D eigenvalue weighted by Crippen LogP contribution is -2.44. The first kappa shape index (κ1) is 16.7. The van der Waals surface area contributed by atoms with Gasteiger partial charge in [-0.2, -0.15) is 5.10 Å². The third-order valence-electron chi connectivity index (χ3n) is 3.25. The van der Waals surface area contributed by atoms with Crippen LogP contribution in [0.1, 0.15) is 52.8 Å². The summed E-state index contributed by atoms with van der Waals surface area (Å²) in [5.74, 6) is -0.805. The molecular formula is C15H27N3O2. The summed E-state index contributed by atoms with van der Waals surface area (Å²) in [5.41, 5.74) is 1.86. The van der Waals surface area contributed by atoms with E-state index in [4.69, 9.17) is 5.11 Å². The molecule has 0 amide bonds. The van der Waals surface area contributed by atoms with Gasteiger partial charge in [0.25, 0.3) is 0 Å². The van der Waals surface area contributed by atoms with Crippen molar-refractivity contribution in [3.8, 4) is 0 Å². The van der Waals surface area contributed by atoms with Crippen LogP contribution in [0.3, 0.4) is 0 Å². The molecule has 0 radical (unpaired) electrons. The maximum atomic E-state index is 11.1. The van der Waals surface area contributed by atoms with Crippen LogP contribution >= 0.6 is 0 Å². The van der Waals surface area contributed by atoms with Crippen LogP contribution in [0.4, 0.5) is 0 Å². The maximum absolute atomic E-state index is 11.1. The van der Waals surface area contributed by atoms with Crippen LogP contribution in [0.15, 0.2) is 6.20 Å². The first-order chi connectivity index (χ1) is 8.91. The molecule has 0 aliphatic carbocycles. The van der Waals surface area contributed by atoms with Crippen molar-refractivity contribution in [1.29, 1.82) is 0 Å². The van der Waals surface area contributed by atoms with Gasteiger partial charge >= 0.3 is 5.97 Å². The minimum Gasteiger partial charge on any atom is -0.480 e. The normalized spacial score (nSPS) is 13.0. The van der Waals surface area contributed by atoms with E-state index in [1.807, 2.05) is 38.9 Å². The van der Waals surface area contributed by atoms with Gasteiger partial charge in [-0.15, -0.1) is 0 Å². The zero-order valence-electron chi connectivity index (χ0n) is 13.7. The smallest absolute Gasteiger partial charge is 0.317 e. The van der Waals surface area contributed by atoms with Crippen LogP contribution in [0.2, 0.25) is 0 Å².